The van der Waals surface area contributed by atoms with Crippen molar-refractivity contribution in [3.8, 4) is 11.3 Å². The summed E-state index contributed by atoms with van der Waals surface area (Å²) in [6, 6.07) is 9.26. The molecule has 194 valence electrons. The van der Waals surface area contributed by atoms with E-state index in [4.69, 9.17) is 13.7 Å². The Labute approximate surface area is 215 Å². The van der Waals surface area contributed by atoms with Gasteiger partial charge in [0.05, 0.1) is 22.5 Å². The lowest BCUT2D eigenvalue weighted by Gasteiger charge is -2.32. The highest BCUT2D eigenvalue weighted by Gasteiger charge is 2.52. The highest BCUT2D eigenvalue weighted by atomic mass is 32.2. The van der Waals surface area contributed by atoms with E-state index >= 15 is 0 Å². The first-order chi connectivity index (χ1) is 16.9. The number of halogens is 1. The lowest BCUT2D eigenvalue weighted by atomic mass is 9.77. The minimum Gasteiger partial charge on any atom is -0.455 e. The van der Waals surface area contributed by atoms with Crippen molar-refractivity contribution in [3.05, 3.63) is 47.8 Å². The molecular formula is C26H34BFN2O5S. The average molecular weight is 516 g/mol. The fraction of sp³-hybridized carbons (Fsp3) is 0.423. The zero-order valence-corrected chi connectivity index (χ0v) is 23.1. The van der Waals surface area contributed by atoms with E-state index in [9.17, 15) is 13.4 Å². The molecule has 1 amide bonds. The van der Waals surface area contributed by atoms with Crippen molar-refractivity contribution >= 4 is 46.1 Å². The zero-order valence-electron chi connectivity index (χ0n) is 22.3. The molecule has 7 nitrogen and oxygen atoms in total. The van der Waals surface area contributed by atoms with Crippen molar-refractivity contribution in [2.45, 2.75) is 52.7 Å². The Balaban J connectivity index is 0.00000176. The third-order valence-electron chi connectivity index (χ3n) is 6.63. The summed E-state index contributed by atoms with van der Waals surface area (Å²) in [5, 5.41) is 3.20. The van der Waals surface area contributed by atoms with E-state index in [0.717, 1.165) is 0 Å². The zero-order chi connectivity index (χ0) is 27.0. The number of nitrogens with zero attached hydrogens (tertiary/aromatic N) is 1. The van der Waals surface area contributed by atoms with Crippen LogP contribution in [0.3, 0.4) is 0 Å². The third kappa shape index (κ3) is 4.94. The van der Waals surface area contributed by atoms with Crippen LogP contribution in [0.2, 0.25) is 0 Å². The molecule has 0 bridgehead atoms. The first-order valence-corrected chi connectivity index (χ1v) is 13.4. The maximum atomic E-state index is 13.5. The first kappa shape index (κ1) is 27.9. The normalized spacial score (nSPS) is 16.9. The van der Waals surface area contributed by atoms with Crippen molar-refractivity contribution in [3.63, 3.8) is 0 Å². The number of furan rings is 1. The van der Waals surface area contributed by atoms with Crippen LogP contribution in [0.25, 0.3) is 22.3 Å². The van der Waals surface area contributed by atoms with Gasteiger partial charge < -0.3 is 19.0 Å². The molecule has 1 N–H and O–H groups in total. The molecule has 1 aliphatic heterocycles. The molecule has 10 heteroatoms. The Bertz CT molecular complexity index is 1270. The Morgan fingerprint density at radius 2 is 1.61 bits per heavy atom. The van der Waals surface area contributed by atoms with E-state index in [1.165, 1.54) is 19.2 Å². The van der Waals surface area contributed by atoms with Crippen molar-refractivity contribution in [2.75, 3.05) is 24.7 Å². The number of amides is 1. The molecule has 2 heterocycles. The number of rotatable bonds is 5. The van der Waals surface area contributed by atoms with Gasteiger partial charge >= 0.3 is 7.12 Å². The summed E-state index contributed by atoms with van der Waals surface area (Å²) in [5.74, 6) is -0.427. The number of hydrogen-bond acceptors (Lipinski definition) is 5. The van der Waals surface area contributed by atoms with Crippen LogP contribution in [-0.2, 0) is 20.3 Å². The van der Waals surface area contributed by atoms with E-state index in [1.54, 1.807) is 41.9 Å². The number of hydrogen-bond donors (Lipinski definition) is 1. The first-order valence-electron chi connectivity index (χ1n) is 11.9. The molecule has 4 rings (SSSR count). The molecular weight excluding hydrogens is 482 g/mol. The summed E-state index contributed by atoms with van der Waals surface area (Å²) in [4.78, 5) is 12.9. The summed E-state index contributed by atoms with van der Waals surface area (Å²) in [7, 11) is 1.15. The third-order valence-corrected chi connectivity index (χ3v) is 7.60. The number of fused-ring (bicyclic) bond motifs is 1. The van der Waals surface area contributed by atoms with Crippen LogP contribution in [-0.4, -0.2) is 48.8 Å². The fourth-order valence-corrected chi connectivity index (χ4v) is 4.31. The van der Waals surface area contributed by atoms with E-state index in [0.29, 0.717) is 39.0 Å². The fourth-order valence-electron chi connectivity index (χ4n) is 3.87. The Kier molecular flexibility index (Phi) is 8.03. The van der Waals surface area contributed by atoms with Crippen molar-refractivity contribution in [2.24, 2.45) is 0 Å². The topological polar surface area (TPSA) is 81.0 Å². The Morgan fingerprint density at radius 1 is 1.06 bits per heavy atom. The van der Waals surface area contributed by atoms with Crippen molar-refractivity contribution in [1.82, 2.24) is 5.32 Å². The lowest BCUT2D eigenvalue weighted by Crippen LogP contribution is -2.41. The van der Waals surface area contributed by atoms with Gasteiger partial charge in [-0.15, -0.1) is 0 Å². The maximum absolute atomic E-state index is 13.5. The summed E-state index contributed by atoms with van der Waals surface area (Å²) < 4.78 is 46.2. The lowest BCUT2D eigenvalue weighted by molar-refractivity contribution is 0.00578. The second-order valence-corrected chi connectivity index (χ2v) is 10.7. The molecule has 0 spiro atoms. The van der Waals surface area contributed by atoms with E-state index in [2.05, 4.69) is 5.32 Å². The number of benzene rings is 2. The van der Waals surface area contributed by atoms with Crippen LogP contribution in [0.4, 0.5) is 10.1 Å². The molecule has 0 saturated carbocycles. The smallest absolute Gasteiger partial charge is 0.455 e. The average Bonchev–Trinajstić information content (AvgIpc) is 3.31. The molecule has 3 aromatic rings. The van der Waals surface area contributed by atoms with Crippen LogP contribution in [0.1, 0.15) is 51.9 Å². The van der Waals surface area contributed by atoms with Crippen LogP contribution in [0, 0.1) is 5.82 Å². The molecule has 1 fully saturated rings. The van der Waals surface area contributed by atoms with Crippen molar-refractivity contribution in [1.29, 1.82) is 0 Å². The molecule has 1 unspecified atom stereocenters. The van der Waals surface area contributed by atoms with E-state index in [1.807, 2.05) is 41.5 Å². The molecule has 0 radical (unpaired) electrons. The predicted octanol–water partition coefficient (Wildman–Crippen LogP) is 4.65. The largest absolute Gasteiger partial charge is 0.497 e. The van der Waals surface area contributed by atoms with Gasteiger partial charge in [-0.2, -0.15) is 0 Å². The van der Waals surface area contributed by atoms with E-state index in [-0.39, 0.29) is 5.91 Å². The van der Waals surface area contributed by atoms with Crippen molar-refractivity contribution < 1.29 is 27.1 Å². The molecule has 36 heavy (non-hydrogen) atoms. The maximum Gasteiger partial charge on any atom is 0.497 e. The summed E-state index contributed by atoms with van der Waals surface area (Å²) in [5.41, 5.74) is 1.33. The SMILES string of the molecule is CC.CNC(=O)c1c(-c2ccc(F)cc2)oc2cc(N(C)S(C)=O)c(B3OC(C)(C)C(C)(C)O3)cc12. The number of anilines is 1. The van der Waals surface area contributed by atoms with Gasteiger partial charge in [-0.1, -0.05) is 13.8 Å². The summed E-state index contributed by atoms with van der Waals surface area (Å²) >= 11 is 0. The monoisotopic (exact) mass is 516 g/mol. The van der Waals surface area contributed by atoms with Crippen LogP contribution >= 0.6 is 0 Å². The molecule has 1 aromatic heterocycles. The summed E-state index contributed by atoms with van der Waals surface area (Å²) in [6.07, 6.45) is 1.57. The predicted molar refractivity (Wildman–Crippen MR) is 145 cm³/mol. The highest BCUT2D eigenvalue weighted by molar-refractivity contribution is 7.85. The molecule has 1 saturated heterocycles. The van der Waals surface area contributed by atoms with Gasteiger partial charge in [-0.25, -0.2) is 8.60 Å². The Morgan fingerprint density at radius 3 is 2.11 bits per heavy atom. The molecule has 0 aliphatic carbocycles. The highest BCUT2D eigenvalue weighted by Crippen LogP contribution is 2.39. The Hall–Kier alpha value is -2.69. The minimum absolute atomic E-state index is 0.312. The van der Waals surface area contributed by atoms with Gasteiger partial charge in [0.15, 0.2) is 0 Å². The molecule has 1 aliphatic rings. The standard InChI is InChI=1S/C24H28BFN2O5S.C2H6/c1-23(2)24(3,4)33-25(32-23)17-12-16-19(13-18(17)28(6)34(7)30)31-21(20(16)22(29)27-5)14-8-10-15(26)11-9-14;1-2/h8-13H,1-7H3,(H,27,29);1-2H3. The summed E-state index contributed by atoms with van der Waals surface area (Å²) in [6.45, 7) is 11.8. The van der Waals surface area contributed by atoms with Gasteiger partial charge in [-0.05, 0) is 58.0 Å². The second-order valence-electron chi connectivity index (χ2n) is 9.31. The number of carbonyl (C=O) groups is 1. The second kappa shape index (κ2) is 10.4. The molecule has 2 aromatic carbocycles. The van der Waals surface area contributed by atoms with Gasteiger partial charge in [0.2, 0.25) is 0 Å². The van der Waals surface area contributed by atoms with Gasteiger partial charge in [0.25, 0.3) is 5.91 Å². The molecule has 1 atom stereocenters. The van der Waals surface area contributed by atoms with Gasteiger partial charge in [-0.3, -0.25) is 9.10 Å². The number of carbonyl (C=O) groups excluding carboxylic acids is 1. The number of nitrogens with one attached hydrogen (secondary N) is 1. The van der Waals surface area contributed by atoms with Crippen LogP contribution in [0.15, 0.2) is 40.8 Å². The van der Waals surface area contributed by atoms with E-state index < -0.39 is 35.1 Å². The minimum atomic E-state index is -1.34. The quantitative estimate of drug-likeness (QED) is 0.500. The van der Waals surface area contributed by atoms with Gasteiger partial charge in [0.1, 0.15) is 28.1 Å². The van der Waals surface area contributed by atoms with Gasteiger partial charge in [0, 0.05) is 42.8 Å². The van der Waals surface area contributed by atoms with Crippen LogP contribution in [0.5, 0.6) is 0 Å². The van der Waals surface area contributed by atoms with Crippen LogP contribution < -0.4 is 15.1 Å².